The van der Waals surface area contributed by atoms with E-state index in [2.05, 4.69) is 16.8 Å². The predicted molar refractivity (Wildman–Crippen MR) is 101 cm³/mol. The first-order valence-corrected chi connectivity index (χ1v) is 9.04. The number of nitrogens with zero attached hydrogens (tertiary/aromatic N) is 1. The van der Waals surface area contributed by atoms with E-state index < -0.39 is 0 Å². The molecule has 0 aliphatic carbocycles. The Balaban J connectivity index is 1.83. The highest BCUT2D eigenvalue weighted by Crippen LogP contribution is 2.24. The van der Waals surface area contributed by atoms with Crippen molar-refractivity contribution >= 4 is 17.6 Å². The molecule has 0 unspecified atom stereocenters. The molecule has 0 radical (unpaired) electrons. The Morgan fingerprint density at radius 3 is 2.62 bits per heavy atom. The van der Waals surface area contributed by atoms with Crippen LogP contribution in [-0.2, 0) is 14.3 Å². The van der Waals surface area contributed by atoms with Gasteiger partial charge < -0.3 is 14.8 Å². The van der Waals surface area contributed by atoms with Gasteiger partial charge in [0.05, 0.1) is 24.8 Å². The summed E-state index contributed by atoms with van der Waals surface area (Å²) in [5, 5.41) is 2.91. The van der Waals surface area contributed by atoms with Gasteiger partial charge in [-0.25, -0.2) is 0 Å². The second kappa shape index (κ2) is 9.97. The summed E-state index contributed by atoms with van der Waals surface area (Å²) in [6.45, 7) is 10.1. The van der Waals surface area contributed by atoms with Crippen LogP contribution < -0.4 is 10.1 Å². The standard InChI is InChI=1S/C20H28N2O4/c1-4-25-20(24)16-9-11-22(12-10-16)13-19(23)21-17-7-5-6-8-18(17)26-14-15(2)3/h5-8,16H,2,4,9-14H2,1,3H3,(H,21,23). The van der Waals surface area contributed by atoms with Gasteiger partial charge in [-0.15, -0.1) is 0 Å². The summed E-state index contributed by atoms with van der Waals surface area (Å²) in [6, 6.07) is 7.36. The molecule has 26 heavy (non-hydrogen) atoms. The van der Waals surface area contributed by atoms with Crippen LogP contribution in [0.4, 0.5) is 5.69 Å². The summed E-state index contributed by atoms with van der Waals surface area (Å²) >= 11 is 0. The Bertz CT molecular complexity index is 636. The largest absolute Gasteiger partial charge is 0.487 e. The minimum absolute atomic E-state index is 0.0504. The lowest BCUT2D eigenvalue weighted by Gasteiger charge is -2.30. The number of para-hydroxylation sites is 2. The molecule has 1 aliphatic heterocycles. The molecule has 0 atom stereocenters. The Morgan fingerprint density at radius 1 is 1.27 bits per heavy atom. The fourth-order valence-electron chi connectivity index (χ4n) is 2.88. The molecular weight excluding hydrogens is 332 g/mol. The number of rotatable bonds is 8. The van der Waals surface area contributed by atoms with E-state index in [-0.39, 0.29) is 17.8 Å². The van der Waals surface area contributed by atoms with Gasteiger partial charge in [0.25, 0.3) is 0 Å². The van der Waals surface area contributed by atoms with Gasteiger partial charge in [-0.05, 0) is 57.5 Å². The highest BCUT2D eigenvalue weighted by atomic mass is 16.5. The highest BCUT2D eigenvalue weighted by molar-refractivity contribution is 5.93. The number of ether oxygens (including phenoxy) is 2. The number of piperidine rings is 1. The Hall–Kier alpha value is -2.34. The number of carbonyl (C=O) groups excluding carboxylic acids is 2. The summed E-state index contributed by atoms with van der Waals surface area (Å²) in [6.07, 6.45) is 1.45. The number of anilines is 1. The molecule has 1 aliphatic rings. The molecule has 2 rings (SSSR count). The number of benzene rings is 1. The van der Waals surface area contributed by atoms with E-state index in [0.29, 0.717) is 44.3 Å². The van der Waals surface area contributed by atoms with Gasteiger partial charge in [0, 0.05) is 0 Å². The van der Waals surface area contributed by atoms with Gasteiger partial charge in [0.2, 0.25) is 5.91 Å². The van der Waals surface area contributed by atoms with Gasteiger partial charge in [0.15, 0.2) is 0 Å². The lowest BCUT2D eigenvalue weighted by molar-refractivity contribution is -0.149. The normalized spacial score (nSPS) is 15.3. The molecule has 0 aromatic heterocycles. The maximum absolute atomic E-state index is 12.4. The van der Waals surface area contributed by atoms with Crippen LogP contribution in [-0.4, -0.2) is 49.6 Å². The number of carbonyl (C=O) groups is 2. The van der Waals surface area contributed by atoms with Crippen LogP contribution in [0.1, 0.15) is 26.7 Å². The number of esters is 1. The zero-order valence-electron chi connectivity index (χ0n) is 15.6. The Kier molecular flexibility index (Phi) is 7.66. The predicted octanol–water partition coefficient (Wildman–Crippen LogP) is 2.86. The maximum atomic E-state index is 12.4. The molecule has 1 aromatic carbocycles. The molecule has 1 aromatic rings. The lowest BCUT2D eigenvalue weighted by atomic mass is 9.97. The first kappa shape index (κ1) is 20.0. The quantitative estimate of drug-likeness (QED) is 0.570. The third-order valence-corrected chi connectivity index (χ3v) is 4.21. The molecule has 1 heterocycles. The fraction of sp³-hybridized carbons (Fsp3) is 0.500. The topological polar surface area (TPSA) is 67.9 Å². The second-order valence-corrected chi connectivity index (χ2v) is 6.59. The molecule has 0 spiro atoms. The van der Waals surface area contributed by atoms with Gasteiger partial charge in [-0.3, -0.25) is 14.5 Å². The summed E-state index contributed by atoms with van der Waals surface area (Å²) in [4.78, 5) is 26.2. The van der Waals surface area contributed by atoms with Crippen LogP contribution in [0.2, 0.25) is 0 Å². The molecule has 1 N–H and O–H groups in total. The molecule has 6 heteroatoms. The third kappa shape index (κ3) is 6.19. The Labute approximate surface area is 155 Å². The monoisotopic (exact) mass is 360 g/mol. The van der Waals surface area contributed by atoms with Crippen molar-refractivity contribution < 1.29 is 19.1 Å². The van der Waals surface area contributed by atoms with E-state index in [1.807, 2.05) is 38.1 Å². The average molecular weight is 360 g/mol. The molecule has 1 amide bonds. The SMILES string of the molecule is C=C(C)COc1ccccc1NC(=O)CN1CCC(C(=O)OCC)CC1. The molecule has 142 valence electrons. The second-order valence-electron chi connectivity index (χ2n) is 6.59. The third-order valence-electron chi connectivity index (χ3n) is 4.21. The van der Waals surface area contributed by atoms with Crippen LogP contribution in [0.5, 0.6) is 5.75 Å². The molecular formula is C20H28N2O4. The number of likely N-dealkylation sites (tertiary alicyclic amines) is 1. The van der Waals surface area contributed by atoms with Crippen LogP contribution in [0, 0.1) is 5.92 Å². The van der Waals surface area contributed by atoms with E-state index in [4.69, 9.17) is 9.47 Å². The molecule has 6 nitrogen and oxygen atoms in total. The van der Waals surface area contributed by atoms with Gasteiger partial charge in [0.1, 0.15) is 12.4 Å². The van der Waals surface area contributed by atoms with Gasteiger partial charge in [-0.2, -0.15) is 0 Å². The van der Waals surface area contributed by atoms with Crippen molar-refractivity contribution in [3.05, 3.63) is 36.4 Å². The van der Waals surface area contributed by atoms with Gasteiger partial charge in [-0.1, -0.05) is 18.7 Å². The molecule has 0 bridgehead atoms. The minimum Gasteiger partial charge on any atom is -0.487 e. The van der Waals surface area contributed by atoms with Crippen molar-refractivity contribution in [2.24, 2.45) is 5.92 Å². The van der Waals surface area contributed by atoms with E-state index in [9.17, 15) is 9.59 Å². The summed E-state index contributed by atoms with van der Waals surface area (Å²) < 4.78 is 10.7. The maximum Gasteiger partial charge on any atom is 0.309 e. The van der Waals surface area contributed by atoms with Crippen molar-refractivity contribution in [3.63, 3.8) is 0 Å². The van der Waals surface area contributed by atoms with E-state index in [1.165, 1.54) is 0 Å². The fourth-order valence-corrected chi connectivity index (χ4v) is 2.88. The summed E-state index contributed by atoms with van der Waals surface area (Å²) in [5.41, 5.74) is 1.57. The smallest absolute Gasteiger partial charge is 0.309 e. The van der Waals surface area contributed by atoms with E-state index in [1.54, 1.807) is 0 Å². The average Bonchev–Trinajstić information content (AvgIpc) is 2.61. The number of amides is 1. The molecule has 1 fully saturated rings. The summed E-state index contributed by atoms with van der Waals surface area (Å²) in [7, 11) is 0. The van der Waals surface area contributed by atoms with Crippen molar-refractivity contribution in [3.8, 4) is 5.75 Å². The number of hydrogen-bond donors (Lipinski definition) is 1. The van der Waals surface area contributed by atoms with Crippen molar-refractivity contribution in [2.45, 2.75) is 26.7 Å². The van der Waals surface area contributed by atoms with E-state index >= 15 is 0 Å². The Morgan fingerprint density at radius 2 is 1.96 bits per heavy atom. The zero-order chi connectivity index (χ0) is 18.9. The van der Waals surface area contributed by atoms with Crippen LogP contribution >= 0.6 is 0 Å². The van der Waals surface area contributed by atoms with Crippen molar-refractivity contribution in [1.82, 2.24) is 4.90 Å². The summed E-state index contributed by atoms with van der Waals surface area (Å²) in [5.74, 6) is 0.363. The first-order chi connectivity index (χ1) is 12.5. The molecule has 0 saturated carbocycles. The van der Waals surface area contributed by atoms with Crippen LogP contribution in [0.15, 0.2) is 36.4 Å². The van der Waals surface area contributed by atoms with Crippen molar-refractivity contribution in [1.29, 1.82) is 0 Å². The van der Waals surface area contributed by atoms with E-state index in [0.717, 1.165) is 18.4 Å². The lowest BCUT2D eigenvalue weighted by Crippen LogP contribution is -2.41. The number of nitrogens with one attached hydrogen (secondary N) is 1. The van der Waals surface area contributed by atoms with Gasteiger partial charge >= 0.3 is 5.97 Å². The first-order valence-electron chi connectivity index (χ1n) is 9.04. The zero-order valence-corrected chi connectivity index (χ0v) is 15.6. The van der Waals surface area contributed by atoms with Crippen LogP contribution in [0.25, 0.3) is 0 Å². The number of hydrogen-bond acceptors (Lipinski definition) is 5. The minimum atomic E-state index is -0.125. The van der Waals surface area contributed by atoms with Crippen molar-refractivity contribution in [2.75, 3.05) is 38.2 Å². The highest BCUT2D eigenvalue weighted by Gasteiger charge is 2.26. The molecule has 1 saturated heterocycles. The van der Waals surface area contributed by atoms with Crippen LogP contribution in [0.3, 0.4) is 0 Å².